The third-order valence-corrected chi connectivity index (χ3v) is 3.89. The van der Waals surface area contributed by atoms with Crippen molar-refractivity contribution in [3.05, 3.63) is 34.9 Å². The summed E-state index contributed by atoms with van der Waals surface area (Å²) in [6.07, 6.45) is 0.372. The van der Waals surface area contributed by atoms with Gasteiger partial charge in [0.25, 0.3) is 0 Å². The Balaban J connectivity index is 2.18. The van der Waals surface area contributed by atoms with Crippen molar-refractivity contribution in [1.29, 1.82) is 0 Å². The normalized spacial score (nSPS) is 22.9. The molecule has 1 amide bonds. The molecule has 0 spiro atoms. The van der Waals surface area contributed by atoms with E-state index in [1.165, 1.54) is 16.7 Å². The largest absolute Gasteiger partial charge is 0.370 e. The molecule has 20 heavy (non-hydrogen) atoms. The van der Waals surface area contributed by atoms with Gasteiger partial charge in [-0.05, 0) is 31.9 Å². The van der Waals surface area contributed by atoms with E-state index in [0.29, 0.717) is 26.1 Å². The second-order valence-electron chi connectivity index (χ2n) is 5.62. The quantitative estimate of drug-likeness (QED) is 0.918. The number of benzene rings is 1. The Kier molecular flexibility index (Phi) is 4.78. The molecular weight excluding hydrogens is 252 g/mol. The maximum absolute atomic E-state index is 12.1. The zero-order chi connectivity index (χ0) is 14.7. The molecule has 1 aromatic carbocycles. The van der Waals surface area contributed by atoms with Gasteiger partial charge in [-0.25, -0.2) is 0 Å². The van der Waals surface area contributed by atoms with Crippen LogP contribution >= 0.6 is 0 Å². The van der Waals surface area contributed by atoms with Crippen LogP contribution in [-0.4, -0.2) is 36.5 Å². The molecule has 4 heteroatoms. The van der Waals surface area contributed by atoms with E-state index in [0.717, 1.165) is 0 Å². The van der Waals surface area contributed by atoms with Gasteiger partial charge in [0.2, 0.25) is 5.91 Å². The molecule has 2 atom stereocenters. The van der Waals surface area contributed by atoms with Crippen molar-refractivity contribution in [2.45, 2.75) is 39.3 Å². The zero-order valence-electron chi connectivity index (χ0n) is 12.6. The molecule has 0 bridgehead atoms. The summed E-state index contributed by atoms with van der Waals surface area (Å²) in [4.78, 5) is 14.0. The van der Waals surface area contributed by atoms with E-state index in [9.17, 15) is 4.79 Å². The summed E-state index contributed by atoms with van der Waals surface area (Å²) in [5, 5.41) is 0. The van der Waals surface area contributed by atoms with E-state index >= 15 is 0 Å². The second kappa shape index (κ2) is 6.37. The standard InChI is InChI=1S/C16H24N2O2/c1-11-4-5-12(2)14(8-11)15-9-18(13(3)10-20-15)16(19)6-7-17/h4-5,8,13,15H,6-7,9-10,17H2,1-3H3/t13-,15+/m0/s1. The van der Waals surface area contributed by atoms with E-state index in [1.807, 2.05) is 11.8 Å². The third kappa shape index (κ3) is 3.19. The van der Waals surface area contributed by atoms with Crippen LogP contribution < -0.4 is 5.73 Å². The predicted molar refractivity (Wildman–Crippen MR) is 79.5 cm³/mol. The number of carbonyl (C=O) groups is 1. The van der Waals surface area contributed by atoms with Gasteiger partial charge in [-0.2, -0.15) is 0 Å². The van der Waals surface area contributed by atoms with Crippen molar-refractivity contribution in [3.63, 3.8) is 0 Å². The number of hydrogen-bond donors (Lipinski definition) is 1. The first-order valence-corrected chi connectivity index (χ1v) is 7.21. The SMILES string of the molecule is Cc1ccc(C)c([C@H]2CN(C(=O)CCN)[C@@H](C)CO2)c1. The van der Waals surface area contributed by atoms with Gasteiger partial charge in [0.05, 0.1) is 19.2 Å². The minimum Gasteiger partial charge on any atom is -0.370 e. The van der Waals surface area contributed by atoms with Crippen LogP contribution in [0.2, 0.25) is 0 Å². The van der Waals surface area contributed by atoms with E-state index in [4.69, 9.17) is 10.5 Å². The lowest BCUT2D eigenvalue weighted by molar-refractivity contribution is -0.144. The lowest BCUT2D eigenvalue weighted by Crippen LogP contribution is -2.48. The van der Waals surface area contributed by atoms with Gasteiger partial charge in [-0.1, -0.05) is 23.8 Å². The summed E-state index contributed by atoms with van der Waals surface area (Å²) in [5.74, 6) is 0.124. The fraction of sp³-hybridized carbons (Fsp3) is 0.562. The zero-order valence-corrected chi connectivity index (χ0v) is 12.6. The van der Waals surface area contributed by atoms with Crippen LogP contribution in [0.25, 0.3) is 0 Å². The number of amides is 1. The van der Waals surface area contributed by atoms with Crippen LogP contribution in [0.15, 0.2) is 18.2 Å². The number of nitrogens with zero attached hydrogens (tertiary/aromatic N) is 1. The van der Waals surface area contributed by atoms with Crippen LogP contribution in [-0.2, 0) is 9.53 Å². The summed E-state index contributed by atoms with van der Waals surface area (Å²) in [6, 6.07) is 6.48. The Morgan fingerprint density at radius 2 is 2.20 bits per heavy atom. The van der Waals surface area contributed by atoms with Crippen LogP contribution in [0.4, 0.5) is 0 Å². The number of morpholine rings is 1. The van der Waals surface area contributed by atoms with Crippen molar-refractivity contribution in [2.75, 3.05) is 19.7 Å². The van der Waals surface area contributed by atoms with Crippen molar-refractivity contribution >= 4 is 5.91 Å². The molecule has 0 unspecified atom stereocenters. The minimum atomic E-state index is -0.0344. The highest BCUT2D eigenvalue weighted by molar-refractivity contribution is 5.76. The van der Waals surface area contributed by atoms with Gasteiger partial charge in [0, 0.05) is 13.0 Å². The molecule has 0 saturated carbocycles. The number of ether oxygens (including phenoxy) is 1. The smallest absolute Gasteiger partial charge is 0.224 e. The van der Waals surface area contributed by atoms with Gasteiger partial charge in [-0.15, -0.1) is 0 Å². The summed E-state index contributed by atoms with van der Waals surface area (Å²) >= 11 is 0. The molecule has 1 saturated heterocycles. The van der Waals surface area contributed by atoms with Gasteiger partial charge >= 0.3 is 0 Å². The Morgan fingerprint density at radius 3 is 2.90 bits per heavy atom. The second-order valence-corrected chi connectivity index (χ2v) is 5.62. The molecular formula is C16H24N2O2. The highest BCUT2D eigenvalue weighted by Crippen LogP contribution is 2.28. The first kappa shape index (κ1) is 15.0. The van der Waals surface area contributed by atoms with E-state index < -0.39 is 0 Å². The fourth-order valence-corrected chi connectivity index (χ4v) is 2.67. The van der Waals surface area contributed by atoms with E-state index in [-0.39, 0.29) is 18.1 Å². The Morgan fingerprint density at radius 1 is 1.45 bits per heavy atom. The summed E-state index contributed by atoms with van der Waals surface area (Å²) < 4.78 is 5.95. The Bertz CT molecular complexity index is 487. The van der Waals surface area contributed by atoms with Gasteiger partial charge in [0.15, 0.2) is 0 Å². The average molecular weight is 276 g/mol. The molecule has 0 aromatic heterocycles. The maximum atomic E-state index is 12.1. The van der Waals surface area contributed by atoms with Crippen LogP contribution in [0.5, 0.6) is 0 Å². The summed E-state index contributed by atoms with van der Waals surface area (Å²) in [6.45, 7) is 7.78. The lowest BCUT2D eigenvalue weighted by Gasteiger charge is -2.38. The molecule has 1 fully saturated rings. The van der Waals surface area contributed by atoms with Crippen molar-refractivity contribution in [2.24, 2.45) is 5.73 Å². The summed E-state index contributed by atoms with van der Waals surface area (Å²) in [5.41, 5.74) is 9.10. The number of carbonyl (C=O) groups excluding carboxylic acids is 1. The van der Waals surface area contributed by atoms with Crippen molar-refractivity contribution in [1.82, 2.24) is 4.90 Å². The molecule has 1 heterocycles. The Hall–Kier alpha value is -1.39. The molecule has 2 rings (SSSR count). The highest BCUT2D eigenvalue weighted by atomic mass is 16.5. The average Bonchev–Trinajstić information content (AvgIpc) is 2.42. The molecule has 4 nitrogen and oxygen atoms in total. The number of hydrogen-bond acceptors (Lipinski definition) is 3. The maximum Gasteiger partial charge on any atom is 0.224 e. The lowest BCUT2D eigenvalue weighted by atomic mass is 9.98. The molecule has 0 aliphatic carbocycles. The number of rotatable bonds is 3. The van der Waals surface area contributed by atoms with Crippen LogP contribution in [0.1, 0.15) is 36.1 Å². The first-order chi connectivity index (χ1) is 9.52. The Labute approximate surface area is 120 Å². The fourth-order valence-electron chi connectivity index (χ4n) is 2.67. The monoisotopic (exact) mass is 276 g/mol. The van der Waals surface area contributed by atoms with Crippen molar-refractivity contribution < 1.29 is 9.53 Å². The third-order valence-electron chi connectivity index (χ3n) is 3.89. The highest BCUT2D eigenvalue weighted by Gasteiger charge is 2.30. The minimum absolute atomic E-state index is 0.0344. The van der Waals surface area contributed by atoms with Crippen molar-refractivity contribution in [3.8, 4) is 0 Å². The van der Waals surface area contributed by atoms with Gasteiger partial charge < -0.3 is 15.4 Å². The van der Waals surface area contributed by atoms with Crippen LogP contribution in [0.3, 0.4) is 0 Å². The van der Waals surface area contributed by atoms with Gasteiger partial charge in [-0.3, -0.25) is 4.79 Å². The molecule has 1 aromatic rings. The molecule has 2 N–H and O–H groups in total. The summed E-state index contributed by atoms with van der Waals surface area (Å²) in [7, 11) is 0. The predicted octanol–water partition coefficient (Wildman–Crippen LogP) is 1.94. The van der Waals surface area contributed by atoms with E-state index in [1.54, 1.807) is 0 Å². The number of nitrogens with two attached hydrogens (primary N) is 1. The molecule has 1 aliphatic heterocycles. The number of aryl methyl sites for hydroxylation is 2. The molecule has 1 aliphatic rings. The first-order valence-electron chi connectivity index (χ1n) is 7.21. The van der Waals surface area contributed by atoms with E-state index in [2.05, 4.69) is 32.0 Å². The molecule has 0 radical (unpaired) electrons. The molecule has 110 valence electrons. The van der Waals surface area contributed by atoms with Gasteiger partial charge in [0.1, 0.15) is 6.10 Å². The van der Waals surface area contributed by atoms with Crippen LogP contribution in [0, 0.1) is 13.8 Å². The topological polar surface area (TPSA) is 55.6 Å².